The Labute approximate surface area is 312 Å². The molecule has 9 atom stereocenters. The maximum atomic E-state index is 14.2. The van der Waals surface area contributed by atoms with Crippen molar-refractivity contribution in [2.75, 3.05) is 0 Å². The van der Waals surface area contributed by atoms with E-state index in [0.29, 0.717) is 18.1 Å². The van der Waals surface area contributed by atoms with Gasteiger partial charge in [-0.3, -0.25) is 14.4 Å². The second-order valence-electron chi connectivity index (χ2n) is 19.1. The Kier molecular flexibility index (Phi) is 8.69. The van der Waals surface area contributed by atoms with Crippen molar-refractivity contribution < 1.29 is 34.4 Å². The Morgan fingerprint density at radius 3 is 2.19 bits per heavy atom. The fourth-order valence-corrected chi connectivity index (χ4v) is 12.4. The lowest BCUT2D eigenvalue weighted by Crippen LogP contribution is -2.66. The summed E-state index contributed by atoms with van der Waals surface area (Å²) in [6.07, 6.45) is 9.95. The van der Waals surface area contributed by atoms with E-state index >= 15 is 0 Å². The van der Waals surface area contributed by atoms with Gasteiger partial charge in [-0.2, -0.15) is 0 Å². The zero-order chi connectivity index (χ0) is 38.5. The molecule has 1 aromatic heterocycles. The minimum Gasteiger partial charge on any atom is -0.508 e. The third kappa shape index (κ3) is 5.52. The van der Waals surface area contributed by atoms with Crippen LogP contribution in [0.4, 0.5) is 0 Å². The molecule has 8 heteroatoms. The molecule has 2 aromatic carbocycles. The number of fused-ring (bicyclic) bond motifs is 8. The van der Waals surface area contributed by atoms with Crippen LogP contribution in [0.15, 0.2) is 69.4 Å². The highest BCUT2D eigenvalue weighted by Gasteiger charge is 2.70. The highest BCUT2D eigenvalue weighted by atomic mass is 16.4. The SMILES string of the molecule is CC1(C(=O)O)CCC2(C)CCC3(C)C(=CC(=O)C4C5(C)CCC(O)C(C)(C)C5CCC43C)C2C1.O=c1cc(-c2ccccc2)oc2cc(O)cc(O)c12. The Balaban J connectivity index is 0.000000193. The number of carboxylic acid groups (broad SMARTS) is 1. The number of aliphatic hydroxyl groups is 1. The lowest BCUT2D eigenvalue weighted by atomic mass is 9.33. The molecular weight excluding hydrogens is 668 g/mol. The largest absolute Gasteiger partial charge is 0.508 e. The second kappa shape index (κ2) is 12.3. The van der Waals surface area contributed by atoms with Crippen LogP contribution in [-0.4, -0.2) is 38.3 Å². The van der Waals surface area contributed by atoms with Gasteiger partial charge < -0.3 is 24.8 Å². The molecule has 3 aromatic rings. The van der Waals surface area contributed by atoms with Crippen LogP contribution in [0.1, 0.15) is 106 Å². The highest BCUT2D eigenvalue weighted by molar-refractivity contribution is 5.96. The van der Waals surface area contributed by atoms with Crippen molar-refractivity contribution >= 4 is 22.7 Å². The number of hydrogen-bond acceptors (Lipinski definition) is 7. The van der Waals surface area contributed by atoms with E-state index in [-0.39, 0.29) is 78.7 Å². The molecule has 1 heterocycles. The van der Waals surface area contributed by atoms with Gasteiger partial charge in [-0.25, -0.2) is 0 Å². The molecule has 5 aliphatic carbocycles. The molecule has 0 spiro atoms. The first-order valence-electron chi connectivity index (χ1n) is 19.4. The lowest BCUT2D eigenvalue weighted by Gasteiger charge is -2.70. The van der Waals surface area contributed by atoms with E-state index in [0.717, 1.165) is 63.0 Å². The van der Waals surface area contributed by atoms with Crippen molar-refractivity contribution in [3.05, 3.63) is 70.4 Å². The predicted octanol–water partition coefficient (Wildman–Crippen LogP) is 9.28. The maximum Gasteiger partial charge on any atom is 0.309 e. The average Bonchev–Trinajstić information content (AvgIpc) is 3.08. The van der Waals surface area contributed by atoms with Crippen LogP contribution in [0.3, 0.4) is 0 Å². The van der Waals surface area contributed by atoms with Crippen molar-refractivity contribution in [1.82, 2.24) is 0 Å². The fourth-order valence-electron chi connectivity index (χ4n) is 12.4. The van der Waals surface area contributed by atoms with Crippen LogP contribution < -0.4 is 5.43 Å². The molecule has 5 aliphatic rings. The van der Waals surface area contributed by atoms with Crippen LogP contribution in [0.5, 0.6) is 11.5 Å². The maximum absolute atomic E-state index is 14.2. The van der Waals surface area contributed by atoms with Crippen molar-refractivity contribution in [2.24, 2.45) is 50.2 Å². The summed E-state index contributed by atoms with van der Waals surface area (Å²) in [6.45, 7) is 15.8. The number of benzene rings is 2. The van der Waals surface area contributed by atoms with Gasteiger partial charge in [-0.05, 0) is 110 Å². The Hall–Kier alpha value is -3.91. The Morgan fingerprint density at radius 1 is 0.830 bits per heavy atom. The van der Waals surface area contributed by atoms with Crippen LogP contribution in [0.2, 0.25) is 0 Å². The third-order valence-corrected chi connectivity index (χ3v) is 15.9. The van der Waals surface area contributed by atoms with Crippen molar-refractivity contribution in [3.8, 4) is 22.8 Å². The topological polar surface area (TPSA) is 145 Å². The van der Waals surface area contributed by atoms with Gasteiger partial charge in [0.1, 0.15) is 28.2 Å². The number of carboxylic acids is 1. The normalized spacial score (nSPS) is 38.6. The Morgan fingerprint density at radius 2 is 1.51 bits per heavy atom. The van der Waals surface area contributed by atoms with E-state index in [1.807, 2.05) is 43.3 Å². The van der Waals surface area contributed by atoms with E-state index in [2.05, 4.69) is 41.5 Å². The number of hydrogen-bond donors (Lipinski definition) is 4. The summed E-state index contributed by atoms with van der Waals surface area (Å²) in [4.78, 5) is 38.4. The standard InChI is InChI=1S/C30H46O4.C15H10O4/c1-25(2)21-8-11-30(7)23(28(21,5)10-9-22(25)32)20(31)16-18-19-17-27(4,24(33)34)13-12-26(19,3)14-15-29(18,30)6;16-10-6-11(17)15-12(18)8-13(19-14(15)7-10)9-4-2-1-3-5-9/h16,19,21-23,32H,8-15,17H2,1-7H3,(H,33,34);1-8,16-17H. The van der Waals surface area contributed by atoms with E-state index in [1.165, 1.54) is 17.7 Å². The van der Waals surface area contributed by atoms with Gasteiger partial charge in [-0.1, -0.05) is 77.4 Å². The zero-order valence-corrected chi connectivity index (χ0v) is 32.3. The molecule has 0 aliphatic heterocycles. The number of carbonyl (C=O) groups is 2. The van der Waals surface area contributed by atoms with Crippen LogP contribution in [-0.2, 0) is 9.59 Å². The highest BCUT2D eigenvalue weighted by Crippen LogP contribution is 2.75. The fraction of sp³-hybridized carbons (Fsp3) is 0.578. The summed E-state index contributed by atoms with van der Waals surface area (Å²) < 4.78 is 5.57. The van der Waals surface area contributed by atoms with Gasteiger partial charge in [0.15, 0.2) is 11.2 Å². The lowest BCUT2D eigenvalue weighted by molar-refractivity contribution is -0.202. The molecule has 0 bridgehead atoms. The molecule has 9 unspecified atom stereocenters. The van der Waals surface area contributed by atoms with Gasteiger partial charge in [0.25, 0.3) is 0 Å². The van der Waals surface area contributed by atoms with Crippen molar-refractivity contribution in [2.45, 2.75) is 112 Å². The molecule has 284 valence electrons. The van der Waals surface area contributed by atoms with E-state index in [9.17, 15) is 34.8 Å². The number of aliphatic carboxylic acids is 1. The molecular formula is C45H56O8. The number of allylic oxidation sites excluding steroid dienone is 2. The van der Waals surface area contributed by atoms with Gasteiger partial charge >= 0.3 is 5.97 Å². The van der Waals surface area contributed by atoms with Gasteiger partial charge in [-0.15, -0.1) is 0 Å². The number of aromatic hydroxyl groups is 2. The molecule has 4 saturated carbocycles. The van der Waals surface area contributed by atoms with Crippen LogP contribution in [0.25, 0.3) is 22.3 Å². The number of ketones is 1. The molecule has 0 radical (unpaired) electrons. The Bertz CT molecular complexity index is 2060. The number of phenolic OH excluding ortho intramolecular Hbond substituents is 2. The molecule has 0 amide bonds. The average molecular weight is 725 g/mol. The number of rotatable bonds is 2. The number of aliphatic hydroxyl groups excluding tert-OH is 1. The summed E-state index contributed by atoms with van der Waals surface area (Å²) in [5.41, 5.74) is 0.702. The van der Waals surface area contributed by atoms with Crippen molar-refractivity contribution in [1.29, 1.82) is 0 Å². The molecule has 4 N–H and O–H groups in total. The molecule has 8 rings (SSSR count). The number of phenols is 2. The molecule has 4 fully saturated rings. The molecule has 53 heavy (non-hydrogen) atoms. The van der Waals surface area contributed by atoms with Gasteiger partial charge in [0, 0.05) is 29.7 Å². The first-order valence-corrected chi connectivity index (χ1v) is 19.4. The summed E-state index contributed by atoms with van der Waals surface area (Å²) in [7, 11) is 0. The molecule has 0 saturated heterocycles. The van der Waals surface area contributed by atoms with Crippen LogP contribution in [0, 0.1) is 50.2 Å². The smallest absolute Gasteiger partial charge is 0.309 e. The third-order valence-electron chi connectivity index (χ3n) is 15.9. The summed E-state index contributed by atoms with van der Waals surface area (Å²) in [6, 6.07) is 12.9. The van der Waals surface area contributed by atoms with Gasteiger partial charge in [0.05, 0.1) is 11.5 Å². The summed E-state index contributed by atoms with van der Waals surface area (Å²) in [5, 5.41) is 40.1. The van der Waals surface area contributed by atoms with Crippen molar-refractivity contribution in [3.63, 3.8) is 0 Å². The van der Waals surface area contributed by atoms with E-state index < -0.39 is 11.4 Å². The first-order chi connectivity index (χ1) is 24.7. The predicted molar refractivity (Wildman–Crippen MR) is 204 cm³/mol. The molecule has 8 nitrogen and oxygen atoms in total. The van der Waals surface area contributed by atoms with Crippen LogP contribution >= 0.6 is 0 Å². The first kappa shape index (κ1) is 37.4. The van der Waals surface area contributed by atoms with E-state index in [1.54, 1.807) is 0 Å². The monoisotopic (exact) mass is 724 g/mol. The quantitative estimate of drug-likeness (QED) is 0.205. The zero-order valence-electron chi connectivity index (χ0n) is 32.3. The minimum absolute atomic E-state index is 0.0296. The van der Waals surface area contributed by atoms with E-state index in [4.69, 9.17) is 4.42 Å². The summed E-state index contributed by atoms with van der Waals surface area (Å²) in [5.74, 6) is 0.00919. The minimum atomic E-state index is -0.711. The summed E-state index contributed by atoms with van der Waals surface area (Å²) >= 11 is 0. The second-order valence-corrected chi connectivity index (χ2v) is 19.1. The number of carbonyl (C=O) groups excluding carboxylic acids is 1. The van der Waals surface area contributed by atoms with Gasteiger partial charge in [0.2, 0.25) is 0 Å².